The highest BCUT2D eigenvalue weighted by Gasteiger charge is 2.27. The number of nitrogens with one attached hydrogen (secondary N) is 1. The lowest BCUT2D eigenvalue weighted by Crippen LogP contribution is -2.46. The number of nitrogens with zero attached hydrogens (tertiary/aromatic N) is 1. The highest BCUT2D eigenvalue weighted by atomic mass is 32.2. The largest absolute Gasteiger partial charge is 0.375 e. The van der Waals surface area contributed by atoms with Crippen molar-refractivity contribution in [2.45, 2.75) is 32.8 Å². The first kappa shape index (κ1) is 14.9. The van der Waals surface area contributed by atoms with Crippen LogP contribution < -0.4 is 5.32 Å². The SMILES string of the molecule is CCNCCCS(=O)(=O)N1CCOC(CC)C1. The Morgan fingerprint density at radius 1 is 1.41 bits per heavy atom. The maximum atomic E-state index is 12.1. The van der Waals surface area contributed by atoms with Gasteiger partial charge in [0.2, 0.25) is 10.0 Å². The molecular formula is C11H24N2O3S. The van der Waals surface area contributed by atoms with Crippen molar-refractivity contribution in [3.63, 3.8) is 0 Å². The van der Waals surface area contributed by atoms with E-state index < -0.39 is 10.0 Å². The van der Waals surface area contributed by atoms with Crippen molar-refractivity contribution < 1.29 is 13.2 Å². The van der Waals surface area contributed by atoms with E-state index in [2.05, 4.69) is 5.32 Å². The zero-order chi connectivity index (χ0) is 12.7. The standard InChI is InChI=1S/C11H24N2O3S/c1-3-11-10-13(7-8-16-11)17(14,15)9-5-6-12-4-2/h11-12H,3-10H2,1-2H3. The first-order valence-corrected chi connectivity index (χ1v) is 8.01. The van der Waals surface area contributed by atoms with Crippen LogP contribution in [0.4, 0.5) is 0 Å². The molecule has 0 spiro atoms. The van der Waals surface area contributed by atoms with Gasteiger partial charge in [-0.1, -0.05) is 13.8 Å². The summed E-state index contributed by atoms with van der Waals surface area (Å²) in [5.74, 6) is 0.233. The number of hydrogen-bond acceptors (Lipinski definition) is 4. The third kappa shape index (κ3) is 4.91. The molecule has 1 heterocycles. The Hall–Kier alpha value is -0.170. The monoisotopic (exact) mass is 264 g/mol. The molecule has 1 fully saturated rings. The summed E-state index contributed by atoms with van der Waals surface area (Å²) in [5, 5.41) is 3.14. The Balaban J connectivity index is 2.40. The van der Waals surface area contributed by atoms with Crippen LogP contribution in [0.5, 0.6) is 0 Å². The summed E-state index contributed by atoms with van der Waals surface area (Å²) in [6, 6.07) is 0. The summed E-state index contributed by atoms with van der Waals surface area (Å²) in [6.07, 6.45) is 1.60. The van der Waals surface area contributed by atoms with Crippen LogP contribution in [0, 0.1) is 0 Å². The van der Waals surface area contributed by atoms with E-state index in [1.54, 1.807) is 4.31 Å². The van der Waals surface area contributed by atoms with E-state index in [-0.39, 0.29) is 11.9 Å². The maximum Gasteiger partial charge on any atom is 0.214 e. The first-order chi connectivity index (χ1) is 8.10. The molecule has 0 bridgehead atoms. The average molecular weight is 264 g/mol. The molecule has 5 nitrogen and oxygen atoms in total. The minimum Gasteiger partial charge on any atom is -0.375 e. The van der Waals surface area contributed by atoms with E-state index in [1.165, 1.54) is 0 Å². The van der Waals surface area contributed by atoms with Gasteiger partial charge in [0, 0.05) is 13.1 Å². The lowest BCUT2D eigenvalue weighted by molar-refractivity contribution is -0.00277. The molecule has 1 saturated heterocycles. The van der Waals surface area contributed by atoms with Gasteiger partial charge < -0.3 is 10.1 Å². The Kier molecular flexibility index (Phi) is 6.40. The van der Waals surface area contributed by atoms with Gasteiger partial charge in [-0.25, -0.2) is 8.42 Å². The van der Waals surface area contributed by atoms with Gasteiger partial charge in [-0.2, -0.15) is 4.31 Å². The molecule has 1 unspecified atom stereocenters. The number of sulfonamides is 1. The zero-order valence-electron chi connectivity index (χ0n) is 10.8. The Bertz CT molecular complexity index is 306. The predicted molar refractivity (Wildman–Crippen MR) is 68.6 cm³/mol. The van der Waals surface area contributed by atoms with Crippen LogP contribution >= 0.6 is 0 Å². The summed E-state index contributed by atoms with van der Waals surface area (Å²) in [7, 11) is -3.09. The number of hydrogen-bond donors (Lipinski definition) is 1. The minimum atomic E-state index is -3.09. The van der Waals surface area contributed by atoms with Crippen molar-refractivity contribution in [2.24, 2.45) is 0 Å². The van der Waals surface area contributed by atoms with Crippen molar-refractivity contribution in [3.8, 4) is 0 Å². The molecule has 1 atom stereocenters. The van der Waals surface area contributed by atoms with Crippen LogP contribution in [0.3, 0.4) is 0 Å². The molecule has 0 aromatic rings. The zero-order valence-corrected chi connectivity index (χ0v) is 11.6. The van der Waals surface area contributed by atoms with Gasteiger partial charge >= 0.3 is 0 Å². The maximum absolute atomic E-state index is 12.1. The van der Waals surface area contributed by atoms with Crippen LogP contribution in [-0.4, -0.2) is 57.4 Å². The van der Waals surface area contributed by atoms with Crippen LogP contribution in [0.25, 0.3) is 0 Å². The summed E-state index contributed by atoms with van der Waals surface area (Å²) in [4.78, 5) is 0. The molecule has 0 aliphatic carbocycles. The molecule has 0 aromatic heterocycles. The van der Waals surface area contributed by atoms with Gasteiger partial charge in [0.1, 0.15) is 0 Å². The lowest BCUT2D eigenvalue weighted by atomic mass is 10.2. The van der Waals surface area contributed by atoms with Gasteiger partial charge in [-0.05, 0) is 25.9 Å². The van der Waals surface area contributed by atoms with Gasteiger partial charge in [0.05, 0.1) is 18.5 Å². The fourth-order valence-electron chi connectivity index (χ4n) is 1.88. The second-order valence-corrected chi connectivity index (χ2v) is 6.37. The molecule has 102 valence electrons. The average Bonchev–Trinajstić information content (AvgIpc) is 2.35. The van der Waals surface area contributed by atoms with Gasteiger partial charge in [0.15, 0.2) is 0 Å². The fourth-order valence-corrected chi connectivity index (χ4v) is 3.39. The van der Waals surface area contributed by atoms with Crippen molar-refractivity contribution in [1.82, 2.24) is 9.62 Å². The van der Waals surface area contributed by atoms with Crippen LogP contribution in [0.15, 0.2) is 0 Å². The normalized spacial score (nSPS) is 22.8. The molecule has 1 N–H and O–H groups in total. The molecule has 17 heavy (non-hydrogen) atoms. The third-order valence-electron chi connectivity index (χ3n) is 2.96. The molecule has 0 aromatic carbocycles. The smallest absolute Gasteiger partial charge is 0.214 e. The molecule has 6 heteroatoms. The molecule has 1 aliphatic heterocycles. The highest BCUT2D eigenvalue weighted by molar-refractivity contribution is 7.89. The Morgan fingerprint density at radius 2 is 2.18 bits per heavy atom. The fraction of sp³-hybridized carbons (Fsp3) is 1.00. The molecule has 1 rings (SSSR count). The topological polar surface area (TPSA) is 58.6 Å². The Labute approximate surface area is 105 Å². The molecule has 0 radical (unpaired) electrons. The summed E-state index contributed by atoms with van der Waals surface area (Å²) >= 11 is 0. The van der Waals surface area contributed by atoms with E-state index in [4.69, 9.17) is 4.74 Å². The van der Waals surface area contributed by atoms with Gasteiger partial charge in [-0.15, -0.1) is 0 Å². The van der Waals surface area contributed by atoms with Crippen LogP contribution in [0.2, 0.25) is 0 Å². The molecule has 1 aliphatic rings. The predicted octanol–water partition coefficient (Wildman–Crippen LogP) is 0.427. The van der Waals surface area contributed by atoms with Crippen LogP contribution in [0.1, 0.15) is 26.7 Å². The van der Waals surface area contributed by atoms with Crippen molar-refractivity contribution in [1.29, 1.82) is 0 Å². The van der Waals surface area contributed by atoms with E-state index in [1.807, 2.05) is 13.8 Å². The molecule has 0 saturated carbocycles. The van der Waals surface area contributed by atoms with Crippen molar-refractivity contribution in [2.75, 3.05) is 38.5 Å². The van der Waals surface area contributed by atoms with Crippen molar-refractivity contribution in [3.05, 3.63) is 0 Å². The quantitative estimate of drug-likeness (QED) is 0.677. The summed E-state index contributed by atoms with van der Waals surface area (Å²) < 4.78 is 31.2. The number of rotatable bonds is 7. The summed E-state index contributed by atoms with van der Waals surface area (Å²) in [6.45, 7) is 7.21. The second-order valence-electron chi connectivity index (χ2n) is 4.28. The lowest BCUT2D eigenvalue weighted by Gasteiger charge is -2.31. The molecular weight excluding hydrogens is 240 g/mol. The van der Waals surface area contributed by atoms with Crippen LogP contribution in [-0.2, 0) is 14.8 Å². The van der Waals surface area contributed by atoms with E-state index in [0.717, 1.165) is 19.5 Å². The van der Waals surface area contributed by atoms with E-state index in [0.29, 0.717) is 26.1 Å². The molecule has 0 amide bonds. The second kappa shape index (κ2) is 7.31. The first-order valence-electron chi connectivity index (χ1n) is 6.40. The highest BCUT2D eigenvalue weighted by Crippen LogP contribution is 2.13. The van der Waals surface area contributed by atoms with Gasteiger partial charge in [0.25, 0.3) is 0 Å². The summed E-state index contributed by atoms with van der Waals surface area (Å²) in [5.41, 5.74) is 0. The van der Waals surface area contributed by atoms with E-state index in [9.17, 15) is 8.42 Å². The number of ether oxygens (including phenoxy) is 1. The van der Waals surface area contributed by atoms with E-state index >= 15 is 0 Å². The third-order valence-corrected chi connectivity index (χ3v) is 4.88. The Morgan fingerprint density at radius 3 is 2.82 bits per heavy atom. The van der Waals surface area contributed by atoms with Crippen molar-refractivity contribution >= 4 is 10.0 Å². The minimum absolute atomic E-state index is 0.0623. The number of morpholine rings is 1. The van der Waals surface area contributed by atoms with Gasteiger partial charge in [-0.3, -0.25) is 0 Å².